The van der Waals surface area contributed by atoms with E-state index in [2.05, 4.69) is 43.4 Å². The Morgan fingerprint density at radius 1 is 1.21 bits per heavy atom. The largest absolute Gasteiger partial charge is 0.398 e. The molecular formula is C22H22BrN3O3. The predicted molar refractivity (Wildman–Crippen MR) is 118 cm³/mol. The minimum atomic E-state index is -0.349. The van der Waals surface area contributed by atoms with Crippen LogP contribution in [-0.2, 0) is 21.1 Å². The van der Waals surface area contributed by atoms with Gasteiger partial charge in [0.1, 0.15) is 19.4 Å². The highest BCUT2D eigenvalue weighted by atomic mass is 79.9. The highest BCUT2D eigenvalue weighted by Crippen LogP contribution is 2.17. The van der Waals surface area contributed by atoms with E-state index in [1.807, 2.05) is 43.3 Å². The Hall–Kier alpha value is -3.11. The Morgan fingerprint density at radius 3 is 2.66 bits per heavy atom. The normalized spacial score (nSPS) is 11.3. The number of carbonyl (C=O) groups excluding carboxylic acids is 1. The van der Waals surface area contributed by atoms with Crippen LogP contribution >= 0.6 is 15.9 Å². The Bertz CT molecular complexity index is 1000. The van der Waals surface area contributed by atoms with Gasteiger partial charge in [-0.2, -0.15) is 0 Å². The smallest absolute Gasteiger partial charge is 0.273 e. The van der Waals surface area contributed by atoms with Crippen LogP contribution in [0.25, 0.3) is 0 Å². The summed E-state index contributed by atoms with van der Waals surface area (Å²) in [5.74, 6) is 5.64. The maximum absolute atomic E-state index is 12.2. The SMILES string of the molecule is CNC(=O)/C(=N/OC)c1cccc(C)c1CO/N=C(\C)C#Cc1cccc(Br)c1. The van der Waals surface area contributed by atoms with Gasteiger partial charge in [-0.05, 0) is 43.5 Å². The van der Waals surface area contributed by atoms with Crippen molar-refractivity contribution in [2.24, 2.45) is 10.3 Å². The van der Waals surface area contributed by atoms with Crippen molar-refractivity contribution < 1.29 is 14.5 Å². The summed E-state index contributed by atoms with van der Waals surface area (Å²) >= 11 is 3.42. The lowest BCUT2D eigenvalue weighted by atomic mass is 9.98. The first-order valence-electron chi connectivity index (χ1n) is 8.82. The van der Waals surface area contributed by atoms with Crippen molar-refractivity contribution in [3.05, 3.63) is 69.2 Å². The fourth-order valence-corrected chi connectivity index (χ4v) is 2.88. The average Bonchev–Trinajstić information content (AvgIpc) is 2.71. The number of hydrogen-bond acceptors (Lipinski definition) is 5. The fraction of sp³-hybridized carbons (Fsp3) is 0.227. The molecule has 0 aliphatic heterocycles. The molecule has 0 aliphatic rings. The number of nitrogens with one attached hydrogen (secondary N) is 1. The Balaban J connectivity index is 2.19. The first-order valence-corrected chi connectivity index (χ1v) is 9.61. The number of carbonyl (C=O) groups is 1. The highest BCUT2D eigenvalue weighted by molar-refractivity contribution is 9.10. The van der Waals surface area contributed by atoms with Gasteiger partial charge in [-0.3, -0.25) is 4.79 Å². The van der Waals surface area contributed by atoms with Crippen LogP contribution in [0, 0.1) is 18.8 Å². The highest BCUT2D eigenvalue weighted by Gasteiger charge is 2.19. The summed E-state index contributed by atoms with van der Waals surface area (Å²) in [4.78, 5) is 22.5. The molecular weight excluding hydrogens is 434 g/mol. The summed E-state index contributed by atoms with van der Waals surface area (Å²) in [5.41, 5.74) is 3.96. The second-order valence-corrected chi connectivity index (χ2v) is 6.93. The summed E-state index contributed by atoms with van der Waals surface area (Å²) in [6.07, 6.45) is 0. The van der Waals surface area contributed by atoms with E-state index < -0.39 is 0 Å². The molecule has 0 unspecified atom stereocenters. The minimum Gasteiger partial charge on any atom is -0.398 e. The van der Waals surface area contributed by atoms with Gasteiger partial charge in [0.15, 0.2) is 5.71 Å². The predicted octanol–water partition coefficient (Wildman–Crippen LogP) is 3.80. The number of benzene rings is 2. The van der Waals surface area contributed by atoms with Gasteiger partial charge < -0.3 is 15.0 Å². The van der Waals surface area contributed by atoms with E-state index in [4.69, 9.17) is 9.68 Å². The van der Waals surface area contributed by atoms with Crippen molar-refractivity contribution in [1.29, 1.82) is 0 Å². The number of hydrogen-bond donors (Lipinski definition) is 1. The van der Waals surface area contributed by atoms with E-state index in [0.717, 1.165) is 21.2 Å². The third-order valence-electron chi connectivity index (χ3n) is 3.91. The summed E-state index contributed by atoms with van der Waals surface area (Å²) in [5, 5.41) is 10.5. The van der Waals surface area contributed by atoms with Crippen LogP contribution in [-0.4, -0.2) is 31.5 Å². The zero-order valence-corrected chi connectivity index (χ0v) is 18.3. The van der Waals surface area contributed by atoms with Crippen LogP contribution in [0.3, 0.4) is 0 Å². The third kappa shape index (κ3) is 6.47. The monoisotopic (exact) mass is 455 g/mol. The molecule has 0 spiro atoms. The van der Waals surface area contributed by atoms with E-state index in [0.29, 0.717) is 11.3 Å². The van der Waals surface area contributed by atoms with Crippen LogP contribution in [0.4, 0.5) is 0 Å². The van der Waals surface area contributed by atoms with Gasteiger partial charge in [0.25, 0.3) is 5.91 Å². The number of amides is 1. The molecule has 0 heterocycles. The van der Waals surface area contributed by atoms with E-state index in [9.17, 15) is 4.79 Å². The minimum absolute atomic E-state index is 0.164. The second kappa shape index (κ2) is 11.0. The molecule has 2 aromatic rings. The second-order valence-electron chi connectivity index (χ2n) is 6.01. The van der Waals surface area contributed by atoms with E-state index in [1.54, 1.807) is 13.0 Å². The molecule has 2 aromatic carbocycles. The topological polar surface area (TPSA) is 72.3 Å². The molecule has 0 atom stereocenters. The lowest BCUT2D eigenvalue weighted by molar-refractivity contribution is -0.114. The van der Waals surface area contributed by atoms with Crippen LogP contribution in [0.5, 0.6) is 0 Å². The molecule has 0 bridgehead atoms. The lowest BCUT2D eigenvalue weighted by Crippen LogP contribution is -2.29. The van der Waals surface area contributed by atoms with Crippen LogP contribution in [0.15, 0.2) is 57.2 Å². The average molecular weight is 456 g/mol. The van der Waals surface area contributed by atoms with Gasteiger partial charge in [0.05, 0.1) is 0 Å². The van der Waals surface area contributed by atoms with Crippen LogP contribution in [0.2, 0.25) is 0 Å². The summed E-state index contributed by atoms with van der Waals surface area (Å²) in [7, 11) is 2.93. The first kappa shape index (κ1) is 22.2. The maximum Gasteiger partial charge on any atom is 0.273 e. The number of likely N-dealkylation sites (N-methyl/N-ethyl adjacent to an activating group) is 1. The fourth-order valence-electron chi connectivity index (χ4n) is 2.48. The van der Waals surface area contributed by atoms with Gasteiger partial charge in [0.2, 0.25) is 0 Å². The molecule has 1 amide bonds. The summed E-state index contributed by atoms with van der Waals surface area (Å²) < 4.78 is 0.965. The molecule has 29 heavy (non-hydrogen) atoms. The molecule has 0 fully saturated rings. The molecule has 0 saturated carbocycles. The number of halogens is 1. The standard InChI is InChI=1S/C22H22BrN3O3/c1-15-7-5-10-19(21(26-28-4)22(27)24-3)20(15)14-29-25-16(2)11-12-17-8-6-9-18(23)13-17/h5-10,13H,14H2,1-4H3,(H,24,27)/b25-16+,26-21+. The molecule has 0 radical (unpaired) electrons. The lowest BCUT2D eigenvalue weighted by Gasteiger charge is -2.12. The first-order chi connectivity index (χ1) is 14.0. The van der Waals surface area contributed by atoms with Crippen molar-refractivity contribution in [3.63, 3.8) is 0 Å². The van der Waals surface area contributed by atoms with Gasteiger partial charge in [-0.25, -0.2) is 0 Å². The van der Waals surface area contributed by atoms with Gasteiger partial charge in [-0.15, -0.1) is 0 Å². The number of aryl methyl sites for hydroxylation is 1. The van der Waals surface area contributed by atoms with Gasteiger partial charge >= 0.3 is 0 Å². The van der Waals surface area contributed by atoms with Crippen molar-refractivity contribution in [2.45, 2.75) is 20.5 Å². The van der Waals surface area contributed by atoms with Crippen molar-refractivity contribution in [3.8, 4) is 11.8 Å². The van der Waals surface area contributed by atoms with Crippen molar-refractivity contribution in [2.75, 3.05) is 14.2 Å². The number of nitrogens with zero attached hydrogens (tertiary/aromatic N) is 2. The van der Waals surface area contributed by atoms with E-state index in [-0.39, 0.29) is 18.2 Å². The summed E-state index contributed by atoms with van der Waals surface area (Å²) in [6.45, 7) is 3.86. The van der Waals surface area contributed by atoms with E-state index in [1.165, 1.54) is 14.2 Å². The zero-order valence-electron chi connectivity index (χ0n) is 16.7. The van der Waals surface area contributed by atoms with Crippen LogP contribution < -0.4 is 5.32 Å². The Morgan fingerprint density at radius 2 is 1.97 bits per heavy atom. The Kier molecular flexibility index (Phi) is 8.44. The Labute approximate surface area is 179 Å². The molecule has 7 heteroatoms. The molecule has 0 saturated heterocycles. The van der Waals surface area contributed by atoms with Crippen molar-refractivity contribution >= 4 is 33.3 Å². The molecule has 1 N–H and O–H groups in total. The number of oxime groups is 2. The molecule has 6 nitrogen and oxygen atoms in total. The molecule has 0 aliphatic carbocycles. The zero-order chi connectivity index (χ0) is 21.2. The number of rotatable bonds is 6. The van der Waals surface area contributed by atoms with Crippen molar-refractivity contribution in [1.82, 2.24) is 5.32 Å². The molecule has 2 rings (SSSR count). The molecule has 150 valence electrons. The van der Waals surface area contributed by atoms with Crippen LogP contribution in [0.1, 0.15) is 29.2 Å². The summed E-state index contributed by atoms with van der Waals surface area (Å²) in [6, 6.07) is 13.3. The maximum atomic E-state index is 12.2. The van der Waals surface area contributed by atoms with E-state index >= 15 is 0 Å². The van der Waals surface area contributed by atoms with Gasteiger partial charge in [-0.1, -0.05) is 56.4 Å². The van der Waals surface area contributed by atoms with Gasteiger partial charge in [0, 0.05) is 28.2 Å². The molecule has 0 aromatic heterocycles. The third-order valence-corrected chi connectivity index (χ3v) is 4.41. The quantitative estimate of drug-likeness (QED) is 0.409.